The predicted octanol–water partition coefficient (Wildman–Crippen LogP) is 2.07. The van der Waals surface area contributed by atoms with Gasteiger partial charge in [-0.25, -0.2) is 0 Å². The number of nitrogens with two attached hydrogens (primary N) is 1. The van der Waals surface area contributed by atoms with Gasteiger partial charge >= 0.3 is 0 Å². The number of primary amides is 1. The second-order valence-electron chi connectivity index (χ2n) is 5.88. The summed E-state index contributed by atoms with van der Waals surface area (Å²) >= 11 is 0. The van der Waals surface area contributed by atoms with Gasteiger partial charge in [-0.1, -0.05) is 18.2 Å². The van der Waals surface area contributed by atoms with Crippen LogP contribution in [0.15, 0.2) is 41.3 Å². The van der Waals surface area contributed by atoms with Crippen molar-refractivity contribution in [3.05, 3.63) is 58.3 Å². The lowest BCUT2D eigenvalue weighted by Crippen LogP contribution is -2.21. The van der Waals surface area contributed by atoms with Crippen LogP contribution in [-0.2, 0) is 11.3 Å². The van der Waals surface area contributed by atoms with Crippen LogP contribution >= 0.6 is 0 Å². The number of amides is 1. The molecule has 2 aromatic heterocycles. The van der Waals surface area contributed by atoms with Gasteiger partial charge in [0.05, 0.1) is 17.3 Å². The molecule has 0 radical (unpaired) electrons. The van der Waals surface area contributed by atoms with E-state index in [4.69, 9.17) is 5.73 Å². The molecule has 0 aliphatic carbocycles. The van der Waals surface area contributed by atoms with Gasteiger partial charge in [-0.3, -0.25) is 9.59 Å². The highest BCUT2D eigenvalue weighted by Crippen LogP contribution is 2.23. The molecule has 0 saturated heterocycles. The Kier molecular flexibility index (Phi) is 4.20. The molecule has 0 atom stereocenters. The minimum atomic E-state index is -0.310. The van der Waals surface area contributed by atoms with E-state index >= 15 is 0 Å². The third-order valence-corrected chi connectivity index (χ3v) is 4.34. The fraction of sp³-hybridized carbons (Fsp3) is 0.278. The van der Waals surface area contributed by atoms with Gasteiger partial charge in [0.15, 0.2) is 0 Å². The number of para-hydroxylation sites is 1. The van der Waals surface area contributed by atoms with Crippen molar-refractivity contribution >= 4 is 16.7 Å². The van der Waals surface area contributed by atoms with Crippen molar-refractivity contribution in [3.63, 3.8) is 0 Å². The molecule has 3 rings (SSSR count). The molecule has 2 heterocycles. The Morgan fingerprint density at radius 3 is 2.54 bits per heavy atom. The standard InChI is InChI=1S/C18H20N4O2/c1-12-15-11-20-22(14-7-4-3-5-8-14)18(24)17(15)13(2)21(12)10-6-9-16(19)23/h3-5,7-8,11H,6,9-10H2,1-2H3,(H2,19,23). The summed E-state index contributed by atoms with van der Waals surface area (Å²) in [4.78, 5) is 23.8. The zero-order valence-electron chi connectivity index (χ0n) is 13.8. The number of carbonyl (C=O) groups excluding carboxylic acids is 1. The largest absolute Gasteiger partial charge is 0.370 e. The van der Waals surface area contributed by atoms with Gasteiger partial charge in [-0.05, 0) is 32.4 Å². The summed E-state index contributed by atoms with van der Waals surface area (Å²) < 4.78 is 3.48. The number of benzene rings is 1. The summed E-state index contributed by atoms with van der Waals surface area (Å²) in [5.74, 6) is -0.310. The highest BCUT2D eigenvalue weighted by molar-refractivity contribution is 5.87. The molecule has 6 nitrogen and oxygen atoms in total. The Labute approximate surface area is 139 Å². The van der Waals surface area contributed by atoms with Gasteiger partial charge in [-0.15, -0.1) is 0 Å². The van der Waals surface area contributed by atoms with Crippen LogP contribution in [-0.4, -0.2) is 20.3 Å². The normalized spacial score (nSPS) is 11.1. The minimum absolute atomic E-state index is 0.132. The lowest BCUT2D eigenvalue weighted by molar-refractivity contribution is -0.118. The predicted molar refractivity (Wildman–Crippen MR) is 93.2 cm³/mol. The van der Waals surface area contributed by atoms with E-state index in [-0.39, 0.29) is 11.5 Å². The Bertz CT molecular complexity index is 955. The first-order valence-corrected chi connectivity index (χ1v) is 7.92. The Balaban J connectivity index is 2.10. The highest BCUT2D eigenvalue weighted by Gasteiger charge is 2.16. The second-order valence-corrected chi connectivity index (χ2v) is 5.88. The average molecular weight is 324 g/mol. The van der Waals surface area contributed by atoms with Gasteiger partial charge in [-0.2, -0.15) is 9.78 Å². The van der Waals surface area contributed by atoms with Crippen LogP contribution in [0.4, 0.5) is 0 Å². The molecule has 0 bridgehead atoms. The molecular formula is C18H20N4O2. The zero-order valence-corrected chi connectivity index (χ0v) is 13.8. The summed E-state index contributed by atoms with van der Waals surface area (Å²) in [6, 6.07) is 9.36. The van der Waals surface area contributed by atoms with Crippen molar-refractivity contribution in [1.29, 1.82) is 0 Å². The molecule has 0 spiro atoms. The maximum absolute atomic E-state index is 12.9. The van der Waals surface area contributed by atoms with E-state index in [0.717, 1.165) is 22.5 Å². The quantitative estimate of drug-likeness (QED) is 0.780. The summed E-state index contributed by atoms with van der Waals surface area (Å²) in [6.45, 7) is 4.55. The zero-order chi connectivity index (χ0) is 17.3. The number of nitrogens with zero attached hydrogens (tertiary/aromatic N) is 3. The third kappa shape index (κ3) is 2.71. The van der Waals surface area contributed by atoms with E-state index in [2.05, 4.69) is 9.67 Å². The number of aryl methyl sites for hydroxylation is 2. The number of aromatic nitrogens is 3. The van der Waals surface area contributed by atoms with Crippen LogP contribution in [0.25, 0.3) is 16.5 Å². The monoisotopic (exact) mass is 324 g/mol. The smallest absolute Gasteiger partial charge is 0.281 e. The first kappa shape index (κ1) is 16.0. The first-order valence-electron chi connectivity index (χ1n) is 7.92. The van der Waals surface area contributed by atoms with E-state index < -0.39 is 0 Å². The molecule has 124 valence electrons. The Hall–Kier alpha value is -2.89. The van der Waals surface area contributed by atoms with Gasteiger partial charge in [0.25, 0.3) is 5.56 Å². The molecular weight excluding hydrogens is 304 g/mol. The first-order chi connectivity index (χ1) is 11.5. The number of hydrogen-bond acceptors (Lipinski definition) is 3. The Morgan fingerprint density at radius 2 is 1.88 bits per heavy atom. The van der Waals surface area contributed by atoms with Crippen LogP contribution in [0.1, 0.15) is 24.2 Å². The fourth-order valence-corrected chi connectivity index (χ4v) is 3.11. The number of hydrogen-bond donors (Lipinski definition) is 1. The molecule has 24 heavy (non-hydrogen) atoms. The molecule has 3 aromatic rings. The van der Waals surface area contributed by atoms with Gasteiger partial charge < -0.3 is 10.3 Å². The van der Waals surface area contributed by atoms with Crippen LogP contribution in [0.2, 0.25) is 0 Å². The van der Waals surface area contributed by atoms with Crippen LogP contribution in [0.3, 0.4) is 0 Å². The lowest BCUT2D eigenvalue weighted by Gasteiger charge is -2.07. The van der Waals surface area contributed by atoms with Gasteiger partial charge in [0.2, 0.25) is 5.91 Å². The van der Waals surface area contributed by atoms with E-state index in [1.54, 1.807) is 6.20 Å². The van der Waals surface area contributed by atoms with Crippen molar-refractivity contribution in [2.24, 2.45) is 5.73 Å². The van der Waals surface area contributed by atoms with Crippen LogP contribution in [0.5, 0.6) is 0 Å². The van der Waals surface area contributed by atoms with E-state index in [0.29, 0.717) is 24.8 Å². The average Bonchev–Trinajstić information content (AvgIpc) is 2.81. The fourth-order valence-electron chi connectivity index (χ4n) is 3.11. The Morgan fingerprint density at radius 1 is 1.17 bits per heavy atom. The second kappa shape index (κ2) is 6.31. The van der Waals surface area contributed by atoms with Crippen molar-refractivity contribution < 1.29 is 4.79 Å². The highest BCUT2D eigenvalue weighted by atomic mass is 16.1. The maximum atomic E-state index is 12.9. The van der Waals surface area contributed by atoms with Crippen molar-refractivity contribution in [2.45, 2.75) is 33.2 Å². The van der Waals surface area contributed by atoms with E-state index in [1.165, 1.54) is 4.68 Å². The molecule has 0 aliphatic rings. The van der Waals surface area contributed by atoms with Crippen molar-refractivity contribution in [1.82, 2.24) is 14.3 Å². The van der Waals surface area contributed by atoms with Gasteiger partial charge in [0, 0.05) is 29.7 Å². The van der Waals surface area contributed by atoms with E-state index in [1.807, 2.05) is 44.2 Å². The molecule has 0 saturated carbocycles. The lowest BCUT2D eigenvalue weighted by atomic mass is 10.2. The molecule has 6 heteroatoms. The topological polar surface area (TPSA) is 82.9 Å². The number of fused-ring (bicyclic) bond motifs is 1. The van der Waals surface area contributed by atoms with Crippen LogP contribution < -0.4 is 11.3 Å². The minimum Gasteiger partial charge on any atom is -0.370 e. The summed E-state index contributed by atoms with van der Waals surface area (Å²) in [6.07, 6.45) is 2.72. The summed E-state index contributed by atoms with van der Waals surface area (Å²) in [7, 11) is 0. The number of carbonyl (C=O) groups is 1. The molecule has 1 amide bonds. The molecule has 0 aliphatic heterocycles. The third-order valence-electron chi connectivity index (χ3n) is 4.34. The summed E-state index contributed by atoms with van der Waals surface area (Å²) in [5.41, 5.74) is 7.69. The SMILES string of the molecule is Cc1c2cnn(-c3ccccc3)c(=O)c2c(C)n1CCCC(N)=O. The van der Waals surface area contributed by atoms with Crippen LogP contribution in [0, 0.1) is 13.8 Å². The summed E-state index contributed by atoms with van der Waals surface area (Å²) in [5, 5.41) is 5.84. The van der Waals surface area contributed by atoms with E-state index in [9.17, 15) is 9.59 Å². The van der Waals surface area contributed by atoms with Crippen molar-refractivity contribution in [3.8, 4) is 5.69 Å². The van der Waals surface area contributed by atoms with Gasteiger partial charge in [0.1, 0.15) is 0 Å². The molecule has 2 N–H and O–H groups in total. The maximum Gasteiger partial charge on any atom is 0.281 e. The number of rotatable bonds is 5. The molecule has 1 aromatic carbocycles. The molecule has 0 unspecified atom stereocenters. The van der Waals surface area contributed by atoms with Crippen molar-refractivity contribution in [2.75, 3.05) is 0 Å². The molecule has 0 fully saturated rings.